The summed E-state index contributed by atoms with van der Waals surface area (Å²) in [5.74, 6) is 1.28. The van der Waals surface area contributed by atoms with E-state index in [1.807, 2.05) is 36.4 Å². The SMILES string of the molecule is COc1ccccc1CNC(=O)c1ccc(Nc2cccc(C)c2C)nc1. The molecule has 27 heavy (non-hydrogen) atoms. The molecular weight excluding hydrogens is 338 g/mol. The Morgan fingerprint density at radius 2 is 1.85 bits per heavy atom. The first-order chi connectivity index (χ1) is 13.1. The fourth-order valence-electron chi connectivity index (χ4n) is 2.75. The van der Waals surface area contributed by atoms with Crippen molar-refractivity contribution in [1.29, 1.82) is 0 Å². The number of carbonyl (C=O) groups excluding carboxylic acids is 1. The van der Waals surface area contributed by atoms with Crippen molar-refractivity contribution in [2.45, 2.75) is 20.4 Å². The number of nitrogens with zero attached hydrogens (tertiary/aromatic N) is 1. The molecule has 2 N–H and O–H groups in total. The molecular formula is C22H23N3O2. The molecule has 0 saturated carbocycles. The van der Waals surface area contributed by atoms with E-state index in [1.54, 1.807) is 25.4 Å². The Kier molecular flexibility index (Phi) is 5.71. The van der Waals surface area contributed by atoms with Gasteiger partial charge in [0.05, 0.1) is 12.7 Å². The molecule has 0 saturated heterocycles. The van der Waals surface area contributed by atoms with Gasteiger partial charge in [0.1, 0.15) is 11.6 Å². The summed E-state index contributed by atoms with van der Waals surface area (Å²) in [7, 11) is 1.62. The standard InChI is InChI=1S/C22H23N3O2/c1-15-7-6-9-19(16(15)2)25-21-12-11-18(14-23-21)22(26)24-13-17-8-4-5-10-20(17)27-3/h4-12,14H,13H2,1-3H3,(H,23,25)(H,24,26). The van der Waals surface area contributed by atoms with E-state index < -0.39 is 0 Å². The van der Waals surface area contributed by atoms with E-state index in [0.717, 1.165) is 17.0 Å². The molecule has 0 atom stereocenters. The zero-order valence-corrected chi connectivity index (χ0v) is 15.7. The number of rotatable bonds is 6. The van der Waals surface area contributed by atoms with Gasteiger partial charge in [-0.3, -0.25) is 4.79 Å². The van der Waals surface area contributed by atoms with Crippen LogP contribution in [0.25, 0.3) is 0 Å². The van der Waals surface area contributed by atoms with Gasteiger partial charge in [-0.15, -0.1) is 0 Å². The van der Waals surface area contributed by atoms with Gasteiger partial charge in [-0.1, -0.05) is 30.3 Å². The summed E-state index contributed by atoms with van der Waals surface area (Å²) < 4.78 is 5.30. The molecule has 0 aliphatic carbocycles. The number of carbonyl (C=O) groups is 1. The molecule has 0 fully saturated rings. The maximum Gasteiger partial charge on any atom is 0.253 e. The quantitative estimate of drug-likeness (QED) is 0.684. The number of ether oxygens (including phenoxy) is 1. The highest BCUT2D eigenvalue weighted by Crippen LogP contribution is 2.22. The summed E-state index contributed by atoms with van der Waals surface area (Å²) in [5.41, 5.74) is 4.84. The number of nitrogens with one attached hydrogen (secondary N) is 2. The average molecular weight is 361 g/mol. The van der Waals surface area contributed by atoms with Crippen LogP contribution in [0.4, 0.5) is 11.5 Å². The molecule has 1 heterocycles. The van der Waals surface area contributed by atoms with Crippen molar-refractivity contribution in [2.24, 2.45) is 0 Å². The van der Waals surface area contributed by atoms with Crippen LogP contribution in [-0.4, -0.2) is 18.0 Å². The Labute approximate surface area is 159 Å². The first-order valence-electron chi connectivity index (χ1n) is 8.78. The van der Waals surface area contributed by atoms with Gasteiger partial charge in [-0.2, -0.15) is 0 Å². The Morgan fingerprint density at radius 1 is 1.04 bits per heavy atom. The highest BCUT2D eigenvalue weighted by molar-refractivity contribution is 5.94. The van der Waals surface area contributed by atoms with E-state index in [2.05, 4.69) is 35.5 Å². The Hall–Kier alpha value is -3.34. The monoisotopic (exact) mass is 361 g/mol. The third-order valence-electron chi connectivity index (χ3n) is 4.52. The van der Waals surface area contributed by atoms with Gasteiger partial charge in [0.15, 0.2) is 0 Å². The van der Waals surface area contributed by atoms with Crippen LogP contribution < -0.4 is 15.4 Å². The predicted molar refractivity (Wildman–Crippen MR) is 108 cm³/mol. The number of methoxy groups -OCH3 is 1. The maximum absolute atomic E-state index is 12.4. The Balaban J connectivity index is 1.64. The van der Waals surface area contributed by atoms with Gasteiger partial charge in [-0.05, 0) is 49.2 Å². The first kappa shape index (κ1) is 18.5. The lowest BCUT2D eigenvalue weighted by Gasteiger charge is -2.12. The molecule has 3 rings (SSSR count). The lowest BCUT2D eigenvalue weighted by molar-refractivity contribution is 0.0950. The van der Waals surface area contributed by atoms with Crippen LogP contribution in [0.1, 0.15) is 27.0 Å². The first-order valence-corrected chi connectivity index (χ1v) is 8.78. The van der Waals surface area contributed by atoms with Crippen LogP contribution in [0.15, 0.2) is 60.8 Å². The van der Waals surface area contributed by atoms with Crippen LogP contribution in [0.5, 0.6) is 5.75 Å². The summed E-state index contributed by atoms with van der Waals surface area (Å²) in [6.07, 6.45) is 1.57. The molecule has 0 bridgehead atoms. The second-order valence-electron chi connectivity index (χ2n) is 6.30. The van der Waals surface area contributed by atoms with Crippen LogP contribution in [0.3, 0.4) is 0 Å². The molecule has 5 nitrogen and oxygen atoms in total. The summed E-state index contributed by atoms with van der Waals surface area (Å²) in [5, 5.41) is 6.19. The third-order valence-corrected chi connectivity index (χ3v) is 4.52. The van der Waals surface area contributed by atoms with Gasteiger partial charge in [0, 0.05) is 24.0 Å². The minimum absolute atomic E-state index is 0.174. The molecule has 0 unspecified atom stereocenters. The Bertz CT molecular complexity index is 937. The number of aromatic nitrogens is 1. The van der Waals surface area contributed by atoms with Crippen molar-refractivity contribution >= 4 is 17.4 Å². The van der Waals surface area contributed by atoms with Crippen molar-refractivity contribution in [1.82, 2.24) is 10.3 Å². The summed E-state index contributed by atoms with van der Waals surface area (Å²) in [6, 6.07) is 17.3. The lowest BCUT2D eigenvalue weighted by atomic mass is 10.1. The van der Waals surface area contributed by atoms with Gasteiger partial charge < -0.3 is 15.4 Å². The maximum atomic E-state index is 12.4. The summed E-state index contributed by atoms with van der Waals surface area (Å²) >= 11 is 0. The van der Waals surface area contributed by atoms with E-state index in [0.29, 0.717) is 17.9 Å². The number of benzene rings is 2. The van der Waals surface area contributed by atoms with Crippen molar-refractivity contribution in [3.63, 3.8) is 0 Å². The van der Waals surface area contributed by atoms with E-state index in [1.165, 1.54) is 11.1 Å². The Morgan fingerprint density at radius 3 is 2.59 bits per heavy atom. The highest BCUT2D eigenvalue weighted by Gasteiger charge is 2.09. The van der Waals surface area contributed by atoms with Crippen molar-refractivity contribution < 1.29 is 9.53 Å². The van der Waals surface area contributed by atoms with Crippen LogP contribution >= 0.6 is 0 Å². The molecule has 1 amide bonds. The zero-order chi connectivity index (χ0) is 19.2. The number of amides is 1. The third kappa shape index (κ3) is 4.44. The number of hydrogen-bond donors (Lipinski definition) is 2. The molecule has 3 aromatic rings. The molecule has 0 aliphatic heterocycles. The molecule has 0 spiro atoms. The van der Waals surface area contributed by atoms with Gasteiger partial charge in [0.25, 0.3) is 5.91 Å². The van der Waals surface area contributed by atoms with Crippen LogP contribution in [-0.2, 0) is 6.54 Å². The minimum Gasteiger partial charge on any atom is -0.496 e. The van der Waals surface area contributed by atoms with E-state index in [4.69, 9.17) is 4.74 Å². The smallest absolute Gasteiger partial charge is 0.253 e. The average Bonchev–Trinajstić information content (AvgIpc) is 2.70. The van der Waals surface area contributed by atoms with Crippen molar-refractivity contribution in [3.05, 3.63) is 83.0 Å². The fourth-order valence-corrected chi connectivity index (χ4v) is 2.75. The normalized spacial score (nSPS) is 10.3. The highest BCUT2D eigenvalue weighted by atomic mass is 16.5. The molecule has 1 aromatic heterocycles. The van der Waals surface area contributed by atoms with Crippen molar-refractivity contribution in [3.8, 4) is 5.75 Å². The van der Waals surface area contributed by atoms with E-state index >= 15 is 0 Å². The molecule has 2 aromatic carbocycles. The molecule has 0 aliphatic rings. The summed E-state index contributed by atoms with van der Waals surface area (Å²) in [4.78, 5) is 16.7. The predicted octanol–water partition coefficient (Wildman–Crippen LogP) is 4.38. The zero-order valence-electron chi connectivity index (χ0n) is 15.7. The van der Waals surface area contributed by atoms with E-state index in [-0.39, 0.29) is 5.91 Å². The topological polar surface area (TPSA) is 63.2 Å². The summed E-state index contributed by atoms with van der Waals surface area (Å²) in [6.45, 7) is 4.53. The van der Waals surface area contributed by atoms with Crippen molar-refractivity contribution in [2.75, 3.05) is 12.4 Å². The number of pyridine rings is 1. The molecule has 5 heteroatoms. The van der Waals surface area contributed by atoms with Gasteiger partial charge in [-0.25, -0.2) is 4.98 Å². The van der Waals surface area contributed by atoms with E-state index in [9.17, 15) is 4.79 Å². The fraction of sp³-hybridized carbons (Fsp3) is 0.182. The molecule has 138 valence electrons. The van der Waals surface area contributed by atoms with Crippen LogP contribution in [0, 0.1) is 13.8 Å². The molecule has 0 radical (unpaired) electrons. The number of aryl methyl sites for hydroxylation is 1. The van der Waals surface area contributed by atoms with Gasteiger partial charge >= 0.3 is 0 Å². The second kappa shape index (κ2) is 8.36. The van der Waals surface area contributed by atoms with Crippen LogP contribution in [0.2, 0.25) is 0 Å². The van der Waals surface area contributed by atoms with Gasteiger partial charge in [0.2, 0.25) is 0 Å². The number of para-hydroxylation sites is 1. The minimum atomic E-state index is -0.174. The number of anilines is 2. The lowest BCUT2D eigenvalue weighted by Crippen LogP contribution is -2.23. The number of hydrogen-bond acceptors (Lipinski definition) is 4. The second-order valence-corrected chi connectivity index (χ2v) is 6.30. The largest absolute Gasteiger partial charge is 0.496 e.